The third kappa shape index (κ3) is 3.02. The van der Waals surface area contributed by atoms with E-state index in [2.05, 4.69) is 24.5 Å². The molecule has 2 N–H and O–H groups in total. The maximum atomic E-state index is 5.92. The van der Waals surface area contributed by atoms with Crippen molar-refractivity contribution in [1.29, 1.82) is 0 Å². The molecular formula is C10H9Cl2NS. The third-order valence-corrected chi connectivity index (χ3v) is 2.41. The molecule has 0 aromatic heterocycles. The summed E-state index contributed by atoms with van der Waals surface area (Å²) in [6.07, 6.45) is 0.724. The molecule has 1 aromatic rings. The van der Waals surface area contributed by atoms with E-state index in [4.69, 9.17) is 28.9 Å². The van der Waals surface area contributed by atoms with Gasteiger partial charge in [-0.25, -0.2) is 0 Å². The first-order valence-corrected chi connectivity index (χ1v) is 5.38. The van der Waals surface area contributed by atoms with Gasteiger partial charge in [-0.15, -0.1) is 0 Å². The molecule has 0 atom stereocenters. The van der Waals surface area contributed by atoms with E-state index in [0.717, 1.165) is 12.2 Å². The van der Waals surface area contributed by atoms with Crippen molar-refractivity contribution in [2.45, 2.75) is 6.42 Å². The van der Waals surface area contributed by atoms with Gasteiger partial charge in [0.25, 0.3) is 0 Å². The molecule has 0 heterocycles. The summed E-state index contributed by atoms with van der Waals surface area (Å²) in [7, 11) is 0. The molecule has 1 aromatic carbocycles. The van der Waals surface area contributed by atoms with E-state index in [9.17, 15) is 0 Å². The fraction of sp³-hybridized carbons (Fsp3) is 0.200. The Balaban J connectivity index is 3.00. The van der Waals surface area contributed by atoms with Crippen LogP contribution < -0.4 is 5.73 Å². The number of benzene rings is 1. The maximum Gasteiger partial charge on any atom is 0.0648 e. The van der Waals surface area contributed by atoms with Crippen molar-refractivity contribution < 1.29 is 0 Å². The minimum atomic E-state index is 0.469. The van der Waals surface area contributed by atoms with Crippen LogP contribution in [0, 0.1) is 11.8 Å². The number of nitrogen functional groups attached to an aromatic ring is 1. The van der Waals surface area contributed by atoms with Gasteiger partial charge in [-0.3, -0.25) is 0 Å². The molecule has 0 radical (unpaired) electrons. The van der Waals surface area contributed by atoms with Crippen LogP contribution in [0.3, 0.4) is 0 Å². The van der Waals surface area contributed by atoms with Gasteiger partial charge in [0.15, 0.2) is 0 Å². The monoisotopic (exact) mass is 245 g/mol. The van der Waals surface area contributed by atoms with Crippen molar-refractivity contribution in [2.24, 2.45) is 0 Å². The average Bonchev–Trinajstić information content (AvgIpc) is 2.14. The molecule has 1 nitrogen and oxygen atoms in total. The number of anilines is 1. The Labute approximate surface area is 99.0 Å². The molecule has 0 spiro atoms. The standard InChI is InChI=1S/C10H9Cl2NS/c11-8-6-10(13)9(12)5-7(8)3-1-2-4-14/h5-6,14H,2,4,13H2. The fourth-order valence-corrected chi connectivity index (χ4v) is 1.37. The normalized spacial score (nSPS) is 9.36. The zero-order chi connectivity index (χ0) is 10.6. The van der Waals surface area contributed by atoms with E-state index in [0.29, 0.717) is 21.3 Å². The van der Waals surface area contributed by atoms with E-state index >= 15 is 0 Å². The van der Waals surface area contributed by atoms with Crippen LogP contribution in [0.15, 0.2) is 12.1 Å². The van der Waals surface area contributed by atoms with Crippen molar-refractivity contribution in [3.63, 3.8) is 0 Å². The topological polar surface area (TPSA) is 26.0 Å². The highest BCUT2D eigenvalue weighted by molar-refractivity contribution is 7.80. The van der Waals surface area contributed by atoms with Crippen molar-refractivity contribution in [2.75, 3.05) is 11.5 Å². The molecule has 0 aliphatic heterocycles. The van der Waals surface area contributed by atoms with E-state index in [-0.39, 0.29) is 0 Å². The smallest absolute Gasteiger partial charge is 0.0648 e. The lowest BCUT2D eigenvalue weighted by Crippen LogP contribution is -1.88. The fourth-order valence-electron chi connectivity index (χ4n) is 0.872. The Morgan fingerprint density at radius 1 is 1.29 bits per heavy atom. The maximum absolute atomic E-state index is 5.92. The summed E-state index contributed by atoms with van der Waals surface area (Å²) in [6.45, 7) is 0. The van der Waals surface area contributed by atoms with Crippen LogP contribution in [0.4, 0.5) is 5.69 Å². The van der Waals surface area contributed by atoms with Crippen molar-refractivity contribution in [1.82, 2.24) is 0 Å². The highest BCUT2D eigenvalue weighted by Gasteiger charge is 2.02. The van der Waals surface area contributed by atoms with Gasteiger partial charge in [-0.1, -0.05) is 35.0 Å². The minimum absolute atomic E-state index is 0.469. The first-order chi connectivity index (χ1) is 6.65. The van der Waals surface area contributed by atoms with Crippen LogP contribution in [-0.4, -0.2) is 5.75 Å². The van der Waals surface area contributed by atoms with Gasteiger partial charge in [-0.2, -0.15) is 12.6 Å². The van der Waals surface area contributed by atoms with Crippen LogP contribution >= 0.6 is 35.8 Å². The number of halogens is 2. The van der Waals surface area contributed by atoms with Crippen LogP contribution in [-0.2, 0) is 0 Å². The van der Waals surface area contributed by atoms with Crippen LogP contribution in [0.2, 0.25) is 10.0 Å². The Bertz CT molecular complexity index is 393. The summed E-state index contributed by atoms with van der Waals surface area (Å²) >= 11 is 15.8. The summed E-state index contributed by atoms with van der Waals surface area (Å²) in [5.41, 5.74) is 6.74. The third-order valence-electron chi connectivity index (χ3n) is 1.55. The molecule has 74 valence electrons. The number of thiol groups is 1. The van der Waals surface area contributed by atoms with Crippen molar-refractivity contribution >= 4 is 41.5 Å². The molecule has 14 heavy (non-hydrogen) atoms. The number of rotatable bonds is 1. The molecule has 0 unspecified atom stereocenters. The highest BCUT2D eigenvalue weighted by Crippen LogP contribution is 2.26. The van der Waals surface area contributed by atoms with Gasteiger partial charge in [0.1, 0.15) is 0 Å². The zero-order valence-corrected chi connectivity index (χ0v) is 9.76. The molecule has 0 saturated heterocycles. The second-order valence-corrected chi connectivity index (χ2v) is 3.89. The molecular weight excluding hydrogens is 237 g/mol. The predicted octanol–water partition coefficient (Wildman–Crippen LogP) is 3.25. The van der Waals surface area contributed by atoms with Crippen molar-refractivity contribution in [3.8, 4) is 11.8 Å². The Kier molecular flexibility index (Phi) is 4.47. The summed E-state index contributed by atoms with van der Waals surface area (Å²) in [5, 5.41) is 1.00. The SMILES string of the molecule is Nc1cc(Cl)c(C#CCCS)cc1Cl. The highest BCUT2D eigenvalue weighted by atomic mass is 35.5. The Morgan fingerprint density at radius 3 is 2.64 bits per heavy atom. The summed E-state index contributed by atoms with van der Waals surface area (Å²) < 4.78 is 0. The average molecular weight is 246 g/mol. The number of hydrogen-bond donors (Lipinski definition) is 2. The Morgan fingerprint density at radius 2 is 2.00 bits per heavy atom. The van der Waals surface area contributed by atoms with Gasteiger partial charge < -0.3 is 5.73 Å². The first-order valence-electron chi connectivity index (χ1n) is 3.99. The van der Waals surface area contributed by atoms with E-state index < -0.39 is 0 Å². The second-order valence-electron chi connectivity index (χ2n) is 2.63. The molecule has 0 bridgehead atoms. The quantitative estimate of drug-likeness (QED) is 0.444. The predicted molar refractivity (Wildman–Crippen MR) is 66.2 cm³/mol. The van der Waals surface area contributed by atoms with E-state index in [1.165, 1.54) is 0 Å². The lowest BCUT2D eigenvalue weighted by molar-refractivity contribution is 1.31. The second kappa shape index (κ2) is 5.41. The first kappa shape index (κ1) is 11.6. The lowest BCUT2D eigenvalue weighted by atomic mass is 10.2. The molecule has 0 saturated carbocycles. The van der Waals surface area contributed by atoms with E-state index in [1.807, 2.05) is 0 Å². The van der Waals surface area contributed by atoms with Crippen LogP contribution in [0.5, 0.6) is 0 Å². The number of nitrogens with two attached hydrogens (primary N) is 1. The van der Waals surface area contributed by atoms with Crippen LogP contribution in [0.1, 0.15) is 12.0 Å². The van der Waals surface area contributed by atoms with Gasteiger partial charge in [0, 0.05) is 17.7 Å². The summed E-state index contributed by atoms with van der Waals surface area (Å²) in [5.74, 6) is 6.57. The molecule has 4 heteroatoms. The van der Waals surface area contributed by atoms with E-state index in [1.54, 1.807) is 12.1 Å². The number of hydrogen-bond acceptors (Lipinski definition) is 2. The van der Waals surface area contributed by atoms with Gasteiger partial charge in [0.05, 0.1) is 15.7 Å². The van der Waals surface area contributed by atoms with Gasteiger partial charge >= 0.3 is 0 Å². The largest absolute Gasteiger partial charge is 0.397 e. The minimum Gasteiger partial charge on any atom is -0.397 e. The molecule has 0 aliphatic carbocycles. The molecule has 0 amide bonds. The van der Waals surface area contributed by atoms with Crippen molar-refractivity contribution in [3.05, 3.63) is 27.7 Å². The zero-order valence-electron chi connectivity index (χ0n) is 7.35. The molecule has 0 aliphatic rings. The van der Waals surface area contributed by atoms with Gasteiger partial charge in [-0.05, 0) is 12.1 Å². The molecule has 0 fully saturated rings. The lowest BCUT2D eigenvalue weighted by Gasteiger charge is -2.00. The Hall–Kier alpha value is -0.490. The van der Waals surface area contributed by atoms with Gasteiger partial charge in [0.2, 0.25) is 0 Å². The summed E-state index contributed by atoms with van der Waals surface area (Å²) in [4.78, 5) is 0. The molecule has 1 rings (SSSR count). The summed E-state index contributed by atoms with van der Waals surface area (Å²) in [6, 6.07) is 3.28. The van der Waals surface area contributed by atoms with Crippen LogP contribution in [0.25, 0.3) is 0 Å².